The van der Waals surface area contributed by atoms with Gasteiger partial charge in [-0.1, -0.05) is 49.2 Å². The molecule has 1 aliphatic rings. The Hall–Kier alpha value is -3.38. The molecule has 0 fully saturated rings. The third-order valence-corrected chi connectivity index (χ3v) is 6.74. The Bertz CT molecular complexity index is 1420. The van der Waals surface area contributed by atoms with Crippen molar-refractivity contribution in [2.75, 3.05) is 6.54 Å². The van der Waals surface area contributed by atoms with Crippen LogP contribution in [0.2, 0.25) is 5.02 Å². The number of hydrogen-bond donors (Lipinski definition) is 1. The summed E-state index contributed by atoms with van der Waals surface area (Å²) in [5, 5.41) is 4.28. The minimum Gasteiger partial charge on any atom is -0.365 e. The zero-order valence-electron chi connectivity index (χ0n) is 19.7. The lowest BCUT2D eigenvalue weighted by molar-refractivity contribution is 0.605. The van der Waals surface area contributed by atoms with Gasteiger partial charge in [0.25, 0.3) is 0 Å². The van der Waals surface area contributed by atoms with Gasteiger partial charge in [-0.25, -0.2) is 9.18 Å². The van der Waals surface area contributed by atoms with Crippen molar-refractivity contribution in [3.8, 4) is 0 Å². The Kier molecular flexibility index (Phi) is 6.73. The van der Waals surface area contributed by atoms with Crippen LogP contribution in [0.15, 0.2) is 76.5 Å². The Morgan fingerprint density at radius 1 is 1.00 bits per heavy atom. The van der Waals surface area contributed by atoms with E-state index in [-0.39, 0.29) is 17.5 Å². The Morgan fingerprint density at radius 3 is 2.49 bits per heavy atom. The van der Waals surface area contributed by atoms with E-state index in [9.17, 15) is 9.18 Å². The third kappa shape index (κ3) is 5.03. The molecule has 35 heavy (non-hydrogen) atoms. The van der Waals surface area contributed by atoms with Crippen LogP contribution in [0.1, 0.15) is 36.5 Å². The van der Waals surface area contributed by atoms with Gasteiger partial charge in [-0.2, -0.15) is 0 Å². The molecule has 0 bridgehead atoms. The number of halogens is 2. The first-order valence-corrected chi connectivity index (χ1v) is 12.4. The molecule has 1 aromatic heterocycles. The highest BCUT2D eigenvalue weighted by Gasteiger charge is 2.21. The smallest absolute Gasteiger partial charge is 0.329 e. The van der Waals surface area contributed by atoms with Gasteiger partial charge in [0.1, 0.15) is 11.7 Å². The summed E-state index contributed by atoms with van der Waals surface area (Å²) in [7, 11) is 0. The molecule has 0 amide bonds. The zero-order chi connectivity index (χ0) is 24.4. The van der Waals surface area contributed by atoms with Gasteiger partial charge >= 0.3 is 5.69 Å². The minimum atomic E-state index is -0.285. The molecule has 1 atom stereocenters. The maximum Gasteiger partial charge on any atom is 0.329 e. The van der Waals surface area contributed by atoms with Gasteiger partial charge in [-0.3, -0.25) is 14.1 Å². The van der Waals surface area contributed by atoms with E-state index in [1.165, 1.54) is 17.7 Å². The summed E-state index contributed by atoms with van der Waals surface area (Å²) in [5.41, 5.74) is 4.77. The number of nitrogens with one attached hydrogen (secondary N) is 1. The number of amidine groups is 1. The summed E-state index contributed by atoms with van der Waals surface area (Å²) in [6, 6.07) is 20.5. The molecule has 0 radical (unpaired) electrons. The van der Waals surface area contributed by atoms with Crippen LogP contribution in [-0.2, 0) is 19.5 Å². The fraction of sp³-hybridized carbons (Fsp3) is 0.286. The normalized spacial score (nSPS) is 15.4. The second kappa shape index (κ2) is 10.1. The molecule has 5 rings (SSSR count). The lowest BCUT2D eigenvalue weighted by atomic mass is 10.1. The third-order valence-electron chi connectivity index (χ3n) is 6.49. The average molecular weight is 491 g/mol. The molecule has 180 valence electrons. The molecule has 1 N–H and O–H groups in total. The first-order chi connectivity index (χ1) is 17.0. The number of benzene rings is 3. The molecule has 4 aromatic rings. The number of aryl methyl sites for hydroxylation is 1. The maximum atomic E-state index is 13.4. The van der Waals surface area contributed by atoms with Crippen LogP contribution in [0.4, 0.5) is 4.39 Å². The SMILES string of the molecule is CCCCn1c(=O)n(Cc2ccc(F)cc2)c2cc(C3=NCC(Cc4ccc(Cl)cc4)N3)ccc21. The van der Waals surface area contributed by atoms with E-state index in [1.807, 2.05) is 47.0 Å². The molecule has 7 heteroatoms. The highest BCUT2D eigenvalue weighted by atomic mass is 35.5. The first-order valence-electron chi connectivity index (χ1n) is 12.0. The number of fused-ring (bicyclic) bond motifs is 1. The second-order valence-electron chi connectivity index (χ2n) is 9.07. The van der Waals surface area contributed by atoms with Gasteiger partial charge in [0.15, 0.2) is 0 Å². The molecule has 0 saturated carbocycles. The van der Waals surface area contributed by atoms with Crippen LogP contribution in [-0.4, -0.2) is 27.6 Å². The van der Waals surface area contributed by atoms with Crippen LogP contribution in [0.3, 0.4) is 0 Å². The standard InChI is InChI=1S/C28H28ClFN4O/c1-2-3-14-33-25-13-8-21(27-31-17-24(32-27)15-19-4-9-22(29)10-5-19)16-26(25)34(28(33)35)18-20-6-11-23(30)12-7-20/h4-13,16,24H,2-3,14-15,17-18H2,1H3,(H,31,32). The van der Waals surface area contributed by atoms with E-state index in [2.05, 4.69) is 12.2 Å². The summed E-state index contributed by atoms with van der Waals surface area (Å²) < 4.78 is 17.0. The predicted molar refractivity (Wildman–Crippen MR) is 140 cm³/mol. The number of aliphatic imine (C=N–C) groups is 1. The zero-order valence-corrected chi connectivity index (χ0v) is 20.4. The van der Waals surface area contributed by atoms with Gasteiger partial charge < -0.3 is 5.32 Å². The number of hydrogen-bond acceptors (Lipinski definition) is 3. The molecule has 2 heterocycles. The quantitative estimate of drug-likeness (QED) is 0.359. The van der Waals surface area contributed by atoms with Crippen molar-refractivity contribution in [3.05, 3.63) is 105 Å². The molecule has 0 saturated heterocycles. The van der Waals surface area contributed by atoms with Crippen molar-refractivity contribution in [1.29, 1.82) is 0 Å². The molecular weight excluding hydrogens is 463 g/mol. The maximum absolute atomic E-state index is 13.4. The number of nitrogens with zero attached hydrogens (tertiary/aromatic N) is 3. The van der Waals surface area contributed by atoms with Crippen molar-refractivity contribution < 1.29 is 4.39 Å². The second-order valence-corrected chi connectivity index (χ2v) is 9.50. The van der Waals surface area contributed by atoms with Gasteiger partial charge in [-0.05, 0) is 66.4 Å². The summed E-state index contributed by atoms with van der Waals surface area (Å²) in [5.74, 6) is 0.556. The summed E-state index contributed by atoms with van der Waals surface area (Å²) >= 11 is 6.01. The minimum absolute atomic E-state index is 0.0446. The Balaban J connectivity index is 1.44. The average Bonchev–Trinajstić information content (AvgIpc) is 3.43. The van der Waals surface area contributed by atoms with Gasteiger partial charge in [0, 0.05) is 17.1 Å². The molecule has 5 nitrogen and oxygen atoms in total. The summed E-state index contributed by atoms with van der Waals surface area (Å²) in [6.07, 6.45) is 2.79. The fourth-order valence-electron chi connectivity index (χ4n) is 4.61. The van der Waals surface area contributed by atoms with Crippen LogP contribution in [0.25, 0.3) is 11.0 Å². The van der Waals surface area contributed by atoms with Crippen LogP contribution < -0.4 is 11.0 Å². The van der Waals surface area contributed by atoms with Gasteiger partial charge in [-0.15, -0.1) is 0 Å². The number of aromatic nitrogens is 2. The van der Waals surface area contributed by atoms with Crippen LogP contribution in [0, 0.1) is 5.82 Å². The van der Waals surface area contributed by atoms with E-state index >= 15 is 0 Å². The Labute approximate surface area is 208 Å². The van der Waals surface area contributed by atoms with E-state index in [0.29, 0.717) is 19.6 Å². The Morgan fingerprint density at radius 2 is 1.74 bits per heavy atom. The summed E-state index contributed by atoms with van der Waals surface area (Å²) in [4.78, 5) is 18.1. The molecule has 0 aliphatic carbocycles. The van der Waals surface area contributed by atoms with Crippen molar-refractivity contribution in [1.82, 2.24) is 14.5 Å². The van der Waals surface area contributed by atoms with E-state index in [0.717, 1.165) is 52.3 Å². The number of unbranched alkanes of at least 4 members (excludes halogenated alkanes) is 1. The largest absolute Gasteiger partial charge is 0.365 e. The van der Waals surface area contributed by atoms with Gasteiger partial charge in [0.2, 0.25) is 0 Å². The number of imidazole rings is 1. The monoisotopic (exact) mass is 490 g/mol. The highest BCUT2D eigenvalue weighted by Crippen LogP contribution is 2.20. The van der Waals surface area contributed by atoms with E-state index in [1.54, 1.807) is 16.7 Å². The molecule has 3 aromatic carbocycles. The topological polar surface area (TPSA) is 51.3 Å². The first kappa shape index (κ1) is 23.4. The summed E-state index contributed by atoms with van der Waals surface area (Å²) in [6.45, 7) is 3.86. The lowest BCUT2D eigenvalue weighted by Crippen LogP contribution is -2.32. The van der Waals surface area contributed by atoms with Crippen molar-refractivity contribution in [3.63, 3.8) is 0 Å². The molecule has 0 spiro atoms. The van der Waals surface area contributed by atoms with Crippen molar-refractivity contribution in [2.45, 2.75) is 45.3 Å². The van der Waals surface area contributed by atoms with Crippen LogP contribution >= 0.6 is 11.6 Å². The van der Waals surface area contributed by atoms with Crippen LogP contribution in [0.5, 0.6) is 0 Å². The molecule has 1 unspecified atom stereocenters. The predicted octanol–water partition coefficient (Wildman–Crippen LogP) is 5.41. The fourth-order valence-corrected chi connectivity index (χ4v) is 4.73. The van der Waals surface area contributed by atoms with E-state index in [4.69, 9.17) is 16.6 Å². The number of rotatable bonds is 8. The van der Waals surface area contributed by atoms with Gasteiger partial charge in [0.05, 0.1) is 30.2 Å². The van der Waals surface area contributed by atoms with Crippen molar-refractivity contribution >= 4 is 28.5 Å². The highest BCUT2D eigenvalue weighted by molar-refractivity contribution is 6.30. The van der Waals surface area contributed by atoms with Crippen molar-refractivity contribution in [2.24, 2.45) is 4.99 Å². The van der Waals surface area contributed by atoms with E-state index < -0.39 is 0 Å². The lowest BCUT2D eigenvalue weighted by Gasteiger charge is -2.12. The molecule has 1 aliphatic heterocycles. The molecular formula is C28H28ClFN4O.